The molecule has 5 nitrogen and oxygen atoms in total. The second-order valence-corrected chi connectivity index (χ2v) is 7.18. The molecule has 3 N–H and O–H groups in total. The van der Waals surface area contributed by atoms with Gasteiger partial charge < -0.3 is 16.0 Å². The summed E-state index contributed by atoms with van der Waals surface area (Å²) in [4.78, 5) is 19.3. The molecule has 5 heteroatoms. The van der Waals surface area contributed by atoms with E-state index in [0.29, 0.717) is 19.0 Å². The van der Waals surface area contributed by atoms with E-state index >= 15 is 0 Å². The SMILES string of the molecule is NC[C@H]1CCC[C@H]1C(=O)NCc1ccc(N2CCCCCC2)nc1. The number of nitrogens with one attached hydrogen (secondary N) is 1. The normalized spacial score (nSPS) is 24.6. The lowest BCUT2D eigenvalue weighted by molar-refractivity contribution is -0.126. The summed E-state index contributed by atoms with van der Waals surface area (Å²) in [7, 11) is 0. The number of hydrogen-bond acceptors (Lipinski definition) is 4. The molecule has 2 atom stereocenters. The Balaban J connectivity index is 1.51. The fourth-order valence-electron chi connectivity index (χ4n) is 3.99. The molecule has 1 aliphatic heterocycles. The number of nitrogens with two attached hydrogens (primary N) is 1. The maximum atomic E-state index is 12.3. The number of nitrogens with zero attached hydrogens (tertiary/aromatic N) is 2. The highest BCUT2D eigenvalue weighted by Crippen LogP contribution is 2.31. The first-order chi connectivity index (χ1) is 11.8. The van der Waals surface area contributed by atoms with Crippen LogP contribution >= 0.6 is 0 Å². The molecule has 0 unspecified atom stereocenters. The highest BCUT2D eigenvalue weighted by Gasteiger charge is 2.31. The summed E-state index contributed by atoms with van der Waals surface area (Å²) in [5.41, 5.74) is 6.83. The van der Waals surface area contributed by atoms with Gasteiger partial charge in [-0.3, -0.25) is 4.79 Å². The molecule has 0 aromatic carbocycles. The van der Waals surface area contributed by atoms with Gasteiger partial charge in [-0.15, -0.1) is 0 Å². The van der Waals surface area contributed by atoms with Gasteiger partial charge in [-0.05, 0) is 49.8 Å². The van der Waals surface area contributed by atoms with Gasteiger partial charge in [-0.2, -0.15) is 0 Å². The van der Waals surface area contributed by atoms with Crippen LogP contribution in [0.4, 0.5) is 5.82 Å². The summed E-state index contributed by atoms with van der Waals surface area (Å²) in [6, 6.07) is 4.17. The van der Waals surface area contributed by atoms with Crippen LogP contribution in [0.15, 0.2) is 18.3 Å². The molecule has 1 aromatic heterocycles. The van der Waals surface area contributed by atoms with Crippen molar-refractivity contribution in [2.75, 3.05) is 24.5 Å². The van der Waals surface area contributed by atoms with E-state index in [1.165, 1.54) is 25.7 Å². The molecule has 1 saturated carbocycles. The van der Waals surface area contributed by atoms with Crippen LogP contribution in [0.3, 0.4) is 0 Å². The Labute approximate surface area is 145 Å². The highest BCUT2D eigenvalue weighted by molar-refractivity contribution is 5.79. The van der Waals surface area contributed by atoms with E-state index in [2.05, 4.69) is 27.3 Å². The summed E-state index contributed by atoms with van der Waals surface area (Å²) in [6.45, 7) is 3.38. The maximum absolute atomic E-state index is 12.3. The van der Waals surface area contributed by atoms with E-state index in [-0.39, 0.29) is 11.8 Å². The highest BCUT2D eigenvalue weighted by atomic mass is 16.1. The zero-order chi connectivity index (χ0) is 16.8. The van der Waals surface area contributed by atoms with Crippen molar-refractivity contribution in [3.8, 4) is 0 Å². The summed E-state index contributed by atoms with van der Waals surface area (Å²) < 4.78 is 0. The summed E-state index contributed by atoms with van der Waals surface area (Å²) >= 11 is 0. The molecule has 3 rings (SSSR count). The number of anilines is 1. The van der Waals surface area contributed by atoms with Gasteiger partial charge in [-0.1, -0.05) is 25.3 Å². The number of pyridine rings is 1. The lowest BCUT2D eigenvalue weighted by Crippen LogP contribution is -2.34. The van der Waals surface area contributed by atoms with Gasteiger partial charge in [0, 0.05) is 31.7 Å². The maximum Gasteiger partial charge on any atom is 0.223 e. The molecule has 24 heavy (non-hydrogen) atoms. The Morgan fingerprint density at radius 2 is 1.96 bits per heavy atom. The van der Waals surface area contributed by atoms with Crippen molar-refractivity contribution in [1.29, 1.82) is 0 Å². The molecule has 0 bridgehead atoms. The first kappa shape index (κ1) is 17.2. The predicted octanol–water partition coefficient (Wildman–Crippen LogP) is 2.45. The van der Waals surface area contributed by atoms with E-state index in [9.17, 15) is 4.79 Å². The Morgan fingerprint density at radius 1 is 1.17 bits per heavy atom. The Bertz CT molecular complexity index is 523. The van der Waals surface area contributed by atoms with Crippen molar-refractivity contribution < 1.29 is 4.79 Å². The largest absolute Gasteiger partial charge is 0.357 e. The lowest BCUT2D eigenvalue weighted by Gasteiger charge is -2.21. The van der Waals surface area contributed by atoms with E-state index < -0.39 is 0 Å². The quantitative estimate of drug-likeness (QED) is 0.870. The van der Waals surface area contributed by atoms with Crippen LogP contribution in [0.1, 0.15) is 50.5 Å². The number of carbonyl (C=O) groups is 1. The van der Waals surface area contributed by atoms with Crippen molar-refractivity contribution in [1.82, 2.24) is 10.3 Å². The van der Waals surface area contributed by atoms with Gasteiger partial charge in [0.2, 0.25) is 5.91 Å². The average molecular weight is 330 g/mol. The van der Waals surface area contributed by atoms with Crippen molar-refractivity contribution in [3.05, 3.63) is 23.9 Å². The average Bonchev–Trinajstić information content (AvgIpc) is 2.94. The molecule has 1 saturated heterocycles. The van der Waals surface area contributed by atoms with Gasteiger partial charge >= 0.3 is 0 Å². The smallest absolute Gasteiger partial charge is 0.223 e. The third-order valence-electron chi connectivity index (χ3n) is 5.50. The standard InChI is InChI=1S/C19H30N4O/c20-12-16-6-5-7-17(16)19(24)22-14-15-8-9-18(21-13-15)23-10-3-1-2-4-11-23/h8-9,13,16-17H,1-7,10-12,14,20H2,(H,22,24)/t16-,17-/m1/s1. The van der Waals surface area contributed by atoms with Crippen LogP contribution < -0.4 is 16.0 Å². The van der Waals surface area contributed by atoms with Crippen LogP contribution in [0.2, 0.25) is 0 Å². The second kappa shape index (κ2) is 8.47. The minimum Gasteiger partial charge on any atom is -0.357 e. The van der Waals surface area contributed by atoms with Crippen molar-refractivity contribution in [2.24, 2.45) is 17.6 Å². The van der Waals surface area contributed by atoms with Crippen LogP contribution in [0.5, 0.6) is 0 Å². The third kappa shape index (κ3) is 4.26. The Morgan fingerprint density at radius 3 is 2.62 bits per heavy atom. The Kier molecular flexibility index (Phi) is 6.07. The Hall–Kier alpha value is -1.62. The van der Waals surface area contributed by atoms with Crippen LogP contribution in [-0.4, -0.2) is 30.5 Å². The molecule has 1 amide bonds. The van der Waals surface area contributed by atoms with Gasteiger partial charge in [0.15, 0.2) is 0 Å². The fraction of sp³-hybridized carbons (Fsp3) is 0.684. The molecule has 2 aliphatic rings. The minimum atomic E-state index is 0.0966. The summed E-state index contributed by atoms with van der Waals surface area (Å²) in [5, 5.41) is 3.07. The zero-order valence-corrected chi connectivity index (χ0v) is 14.5. The second-order valence-electron chi connectivity index (χ2n) is 7.18. The summed E-state index contributed by atoms with van der Waals surface area (Å²) in [6.07, 6.45) is 10.2. The first-order valence-electron chi connectivity index (χ1n) is 9.45. The molecular weight excluding hydrogens is 300 g/mol. The van der Waals surface area contributed by atoms with Crippen molar-refractivity contribution in [3.63, 3.8) is 0 Å². The van der Waals surface area contributed by atoms with Gasteiger partial charge in [0.1, 0.15) is 5.82 Å². The lowest BCUT2D eigenvalue weighted by atomic mass is 9.95. The molecule has 2 heterocycles. The van der Waals surface area contributed by atoms with Crippen LogP contribution in [-0.2, 0) is 11.3 Å². The van der Waals surface area contributed by atoms with Gasteiger partial charge in [0.25, 0.3) is 0 Å². The predicted molar refractivity (Wildman–Crippen MR) is 96.7 cm³/mol. The number of hydrogen-bond donors (Lipinski definition) is 2. The molecule has 0 radical (unpaired) electrons. The zero-order valence-electron chi connectivity index (χ0n) is 14.5. The monoisotopic (exact) mass is 330 g/mol. The molecular formula is C19H30N4O. The molecule has 1 aromatic rings. The third-order valence-corrected chi connectivity index (χ3v) is 5.50. The van der Waals surface area contributed by atoms with Crippen LogP contribution in [0, 0.1) is 11.8 Å². The molecule has 0 spiro atoms. The number of rotatable bonds is 5. The van der Waals surface area contributed by atoms with E-state index in [4.69, 9.17) is 5.73 Å². The molecule has 2 fully saturated rings. The van der Waals surface area contributed by atoms with Crippen molar-refractivity contribution in [2.45, 2.75) is 51.5 Å². The van der Waals surface area contributed by atoms with E-state index in [1.54, 1.807) is 0 Å². The first-order valence-corrected chi connectivity index (χ1v) is 9.45. The number of amides is 1. The number of carbonyl (C=O) groups excluding carboxylic acids is 1. The molecule has 132 valence electrons. The van der Waals surface area contributed by atoms with Crippen molar-refractivity contribution >= 4 is 11.7 Å². The van der Waals surface area contributed by atoms with Crippen LogP contribution in [0.25, 0.3) is 0 Å². The van der Waals surface area contributed by atoms with Gasteiger partial charge in [-0.25, -0.2) is 4.98 Å². The van der Waals surface area contributed by atoms with Gasteiger partial charge in [0.05, 0.1) is 0 Å². The van der Waals surface area contributed by atoms with E-state index in [0.717, 1.165) is 43.7 Å². The topological polar surface area (TPSA) is 71.2 Å². The van der Waals surface area contributed by atoms with E-state index in [1.807, 2.05) is 6.20 Å². The summed E-state index contributed by atoms with van der Waals surface area (Å²) in [5.74, 6) is 1.67. The fourth-order valence-corrected chi connectivity index (χ4v) is 3.99. The number of aromatic nitrogens is 1. The molecule has 1 aliphatic carbocycles. The minimum absolute atomic E-state index is 0.0966.